The van der Waals surface area contributed by atoms with Crippen LogP contribution in [0.25, 0.3) is 10.2 Å². The van der Waals surface area contributed by atoms with E-state index in [0.717, 1.165) is 49.3 Å². The quantitative estimate of drug-likeness (QED) is 0.755. The molecule has 0 atom stereocenters. The Labute approximate surface area is 153 Å². The summed E-state index contributed by atoms with van der Waals surface area (Å²) in [5.74, 6) is 0. The third-order valence-electron chi connectivity index (χ3n) is 4.75. The lowest BCUT2D eigenvalue weighted by Crippen LogP contribution is -3.13. The summed E-state index contributed by atoms with van der Waals surface area (Å²) < 4.78 is 39.9. The molecular weight excluding hydrogens is 359 g/mol. The van der Waals surface area contributed by atoms with Crippen molar-refractivity contribution in [2.75, 3.05) is 31.1 Å². The van der Waals surface area contributed by atoms with Gasteiger partial charge in [-0.15, -0.1) is 11.3 Å². The summed E-state index contributed by atoms with van der Waals surface area (Å²) in [6, 6.07) is 13.7. The summed E-state index contributed by atoms with van der Waals surface area (Å²) in [6.45, 7) is 4.16. The number of quaternary nitrogens is 1. The summed E-state index contributed by atoms with van der Waals surface area (Å²) in [5.41, 5.74) is 1.10. The molecule has 1 aliphatic rings. The highest BCUT2D eigenvalue weighted by molar-refractivity contribution is 7.18. The lowest BCUT2D eigenvalue weighted by Gasteiger charge is -2.33. The van der Waals surface area contributed by atoms with Crippen molar-refractivity contribution in [2.24, 2.45) is 0 Å². The number of nitrogens with one attached hydrogen (secondary N) is 1. The molecule has 7 heteroatoms. The number of piperazine rings is 1. The van der Waals surface area contributed by atoms with Gasteiger partial charge >= 0.3 is 6.18 Å². The second-order valence-corrected chi connectivity index (χ2v) is 7.65. The topological polar surface area (TPSA) is 20.6 Å². The van der Waals surface area contributed by atoms with E-state index in [0.29, 0.717) is 5.69 Å². The number of halogens is 3. The van der Waals surface area contributed by atoms with Crippen LogP contribution in [-0.2, 0) is 12.7 Å². The second-order valence-electron chi connectivity index (χ2n) is 6.54. The molecule has 136 valence electrons. The number of thiazole rings is 1. The van der Waals surface area contributed by atoms with Crippen LogP contribution in [0, 0.1) is 0 Å². The van der Waals surface area contributed by atoms with Gasteiger partial charge in [-0.25, -0.2) is 4.98 Å². The van der Waals surface area contributed by atoms with Gasteiger partial charge in [0.25, 0.3) is 0 Å². The fraction of sp³-hybridized carbons (Fsp3) is 0.316. The van der Waals surface area contributed by atoms with Crippen LogP contribution < -0.4 is 9.80 Å². The Morgan fingerprint density at radius 1 is 1.04 bits per heavy atom. The molecule has 2 heterocycles. The van der Waals surface area contributed by atoms with Gasteiger partial charge in [0.05, 0.1) is 42.0 Å². The molecule has 3 nitrogen and oxygen atoms in total. The SMILES string of the molecule is FC(F)(F)c1cccc(N2CC[NH+](Cc3nc4ccccc4s3)CC2)c1. The molecule has 0 bridgehead atoms. The molecule has 26 heavy (non-hydrogen) atoms. The van der Waals surface area contributed by atoms with E-state index < -0.39 is 11.7 Å². The van der Waals surface area contributed by atoms with Crippen molar-refractivity contribution in [1.29, 1.82) is 0 Å². The molecule has 1 aromatic heterocycles. The summed E-state index contributed by atoms with van der Waals surface area (Å²) >= 11 is 1.72. The first-order chi connectivity index (χ1) is 12.5. The summed E-state index contributed by atoms with van der Waals surface area (Å²) in [5, 5.41) is 1.12. The van der Waals surface area contributed by atoms with Crippen molar-refractivity contribution >= 4 is 27.2 Å². The molecule has 0 saturated carbocycles. The highest BCUT2D eigenvalue weighted by Crippen LogP contribution is 2.31. The van der Waals surface area contributed by atoms with Crippen molar-refractivity contribution in [1.82, 2.24) is 4.98 Å². The third-order valence-corrected chi connectivity index (χ3v) is 5.78. The third kappa shape index (κ3) is 3.68. The summed E-state index contributed by atoms with van der Waals surface area (Å²) in [4.78, 5) is 8.14. The number of anilines is 1. The van der Waals surface area contributed by atoms with Crippen LogP contribution in [0.1, 0.15) is 10.6 Å². The van der Waals surface area contributed by atoms with Crippen LogP contribution in [0.3, 0.4) is 0 Å². The van der Waals surface area contributed by atoms with Crippen molar-refractivity contribution in [3.8, 4) is 0 Å². The minimum Gasteiger partial charge on any atom is -0.360 e. The second kappa shape index (κ2) is 6.89. The van der Waals surface area contributed by atoms with Gasteiger partial charge in [-0.3, -0.25) is 0 Å². The van der Waals surface area contributed by atoms with E-state index in [9.17, 15) is 13.2 Å². The maximum absolute atomic E-state index is 12.9. The van der Waals surface area contributed by atoms with Crippen LogP contribution in [0.5, 0.6) is 0 Å². The van der Waals surface area contributed by atoms with Crippen LogP contribution in [0.2, 0.25) is 0 Å². The van der Waals surface area contributed by atoms with Crippen LogP contribution in [0.4, 0.5) is 18.9 Å². The van der Waals surface area contributed by atoms with Crippen LogP contribution in [0.15, 0.2) is 48.5 Å². The van der Waals surface area contributed by atoms with Gasteiger partial charge in [-0.1, -0.05) is 18.2 Å². The Hall–Kier alpha value is -2.12. The van der Waals surface area contributed by atoms with Crippen LogP contribution in [-0.4, -0.2) is 31.2 Å². The fourth-order valence-corrected chi connectivity index (χ4v) is 4.39. The zero-order valence-corrected chi connectivity index (χ0v) is 14.9. The fourth-order valence-electron chi connectivity index (χ4n) is 3.35. The maximum Gasteiger partial charge on any atom is 0.416 e. The monoisotopic (exact) mass is 378 g/mol. The first-order valence-corrected chi connectivity index (χ1v) is 9.41. The molecule has 0 spiro atoms. The van der Waals surface area contributed by atoms with Crippen molar-refractivity contribution in [3.05, 3.63) is 59.1 Å². The Morgan fingerprint density at radius 3 is 2.54 bits per heavy atom. The highest BCUT2D eigenvalue weighted by atomic mass is 32.1. The van der Waals surface area contributed by atoms with Gasteiger partial charge in [0.1, 0.15) is 11.6 Å². The van der Waals surface area contributed by atoms with E-state index in [1.807, 2.05) is 23.1 Å². The predicted molar refractivity (Wildman–Crippen MR) is 97.7 cm³/mol. The van der Waals surface area contributed by atoms with Crippen molar-refractivity contribution in [3.63, 3.8) is 0 Å². The first kappa shape index (κ1) is 17.3. The zero-order chi connectivity index (χ0) is 18.1. The maximum atomic E-state index is 12.9. The molecule has 2 aromatic carbocycles. The van der Waals surface area contributed by atoms with Gasteiger partial charge in [0.2, 0.25) is 0 Å². The highest BCUT2D eigenvalue weighted by Gasteiger charge is 2.31. The molecule has 1 fully saturated rings. The van der Waals surface area contributed by atoms with E-state index in [2.05, 4.69) is 11.1 Å². The molecular formula is C19H19F3N3S+. The van der Waals surface area contributed by atoms with Gasteiger partial charge in [-0.05, 0) is 30.3 Å². The number of rotatable bonds is 3. The largest absolute Gasteiger partial charge is 0.416 e. The molecule has 0 amide bonds. The predicted octanol–water partition coefficient (Wildman–Crippen LogP) is 3.22. The van der Waals surface area contributed by atoms with E-state index in [-0.39, 0.29) is 0 Å². The average molecular weight is 378 g/mol. The van der Waals surface area contributed by atoms with Gasteiger partial charge in [0.15, 0.2) is 0 Å². The molecule has 3 aromatic rings. The van der Waals surface area contributed by atoms with Gasteiger partial charge in [0, 0.05) is 5.69 Å². The average Bonchev–Trinajstić information content (AvgIpc) is 3.04. The van der Waals surface area contributed by atoms with Crippen molar-refractivity contribution in [2.45, 2.75) is 12.7 Å². The Balaban J connectivity index is 1.39. The first-order valence-electron chi connectivity index (χ1n) is 8.59. The number of para-hydroxylation sites is 1. The molecule has 0 radical (unpaired) electrons. The molecule has 1 N–H and O–H groups in total. The number of fused-ring (bicyclic) bond motifs is 1. The number of aromatic nitrogens is 1. The lowest BCUT2D eigenvalue weighted by molar-refractivity contribution is -0.914. The van der Waals surface area contributed by atoms with E-state index in [4.69, 9.17) is 0 Å². The number of alkyl halides is 3. The lowest BCUT2D eigenvalue weighted by atomic mass is 10.1. The van der Waals surface area contributed by atoms with Crippen LogP contribution >= 0.6 is 11.3 Å². The Kier molecular flexibility index (Phi) is 4.58. The summed E-state index contributed by atoms with van der Waals surface area (Å²) in [7, 11) is 0. The van der Waals surface area contributed by atoms with Gasteiger partial charge in [-0.2, -0.15) is 13.2 Å². The number of benzene rings is 2. The molecule has 0 unspecified atom stereocenters. The normalized spacial score (nSPS) is 16.3. The number of nitrogens with zero attached hydrogens (tertiary/aromatic N) is 2. The molecule has 0 aliphatic carbocycles. The molecule has 1 aliphatic heterocycles. The standard InChI is InChI=1S/C19H18F3N3S/c20-19(21,22)14-4-3-5-15(12-14)25-10-8-24(9-11-25)13-18-23-16-6-1-2-7-17(16)26-18/h1-7,12H,8-11,13H2/p+1. The molecule has 1 saturated heterocycles. The van der Waals surface area contributed by atoms with E-state index in [1.165, 1.54) is 21.7 Å². The van der Waals surface area contributed by atoms with Gasteiger partial charge < -0.3 is 9.80 Å². The molecule has 4 rings (SSSR count). The minimum atomic E-state index is -4.30. The summed E-state index contributed by atoms with van der Waals surface area (Å²) in [6.07, 6.45) is -4.30. The number of hydrogen-bond donors (Lipinski definition) is 1. The Morgan fingerprint density at radius 2 is 1.81 bits per heavy atom. The van der Waals surface area contributed by atoms with E-state index >= 15 is 0 Å². The number of hydrogen-bond acceptors (Lipinski definition) is 3. The zero-order valence-electron chi connectivity index (χ0n) is 14.1. The van der Waals surface area contributed by atoms with Crippen molar-refractivity contribution < 1.29 is 18.1 Å². The Bertz CT molecular complexity index is 865. The minimum absolute atomic E-state index is 0.584. The smallest absolute Gasteiger partial charge is 0.360 e. The van der Waals surface area contributed by atoms with E-state index in [1.54, 1.807) is 17.4 Å².